The van der Waals surface area contributed by atoms with Crippen LogP contribution in [0.2, 0.25) is 0 Å². The predicted molar refractivity (Wildman–Crippen MR) is 69.7 cm³/mol. The topological polar surface area (TPSA) is 67.8 Å². The molecule has 19 heavy (non-hydrogen) atoms. The highest BCUT2D eigenvalue weighted by Gasteiger charge is 2.42. The van der Waals surface area contributed by atoms with Gasteiger partial charge in [-0.25, -0.2) is 0 Å². The Balaban J connectivity index is 2.05. The lowest BCUT2D eigenvalue weighted by molar-refractivity contribution is -0.142. The van der Waals surface area contributed by atoms with Crippen LogP contribution in [0.3, 0.4) is 0 Å². The molecule has 3 atom stereocenters. The predicted octanol–water partition coefficient (Wildman–Crippen LogP) is 1.69. The number of methoxy groups -OCH3 is 1. The van der Waals surface area contributed by atoms with Crippen molar-refractivity contribution in [1.29, 1.82) is 0 Å². The molecule has 5 heteroatoms. The molecule has 3 unspecified atom stereocenters. The number of anilines is 1. The number of rotatable bonds is 2. The van der Waals surface area contributed by atoms with Gasteiger partial charge in [-0.2, -0.15) is 0 Å². The van der Waals surface area contributed by atoms with E-state index in [1.165, 1.54) is 0 Å². The van der Waals surface area contributed by atoms with Crippen LogP contribution in [0.25, 0.3) is 0 Å². The second-order valence-electron chi connectivity index (χ2n) is 5.05. The maximum absolute atomic E-state index is 11.6. The third kappa shape index (κ3) is 2.04. The highest BCUT2D eigenvalue weighted by molar-refractivity contribution is 5.81. The molecule has 0 bridgehead atoms. The van der Waals surface area contributed by atoms with E-state index in [-0.39, 0.29) is 12.0 Å². The normalized spacial score (nSPS) is 28.8. The number of carbonyl (C=O) groups is 1. The van der Waals surface area contributed by atoms with Crippen molar-refractivity contribution in [1.82, 2.24) is 0 Å². The molecule has 2 aliphatic rings. The lowest BCUT2D eigenvalue weighted by atomic mass is 9.76. The van der Waals surface area contributed by atoms with E-state index in [2.05, 4.69) is 5.32 Å². The highest BCUT2D eigenvalue weighted by atomic mass is 16.5. The van der Waals surface area contributed by atoms with E-state index in [9.17, 15) is 9.90 Å². The first-order chi connectivity index (χ1) is 9.20. The zero-order valence-corrected chi connectivity index (χ0v) is 10.8. The minimum absolute atomic E-state index is 0.0224. The minimum atomic E-state index is -0.795. The lowest BCUT2D eigenvalue weighted by Crippen LogP contribution is -2.46. The fourth-order valence-corrected chi connectivity index (χ4v) is 3.07. The molecular formula is C14H17NO4. The van der Waals surface area contributed by atoms with Crippen molar-refractivity contribution >= 4 is 11.7 Å². The number of fused-ring (bicyclic) bond motifs is 2. The number of hydrogen-bond acceptors (Lipinski definition) is 4. The number of carboxylic acid groups (broad SMARTS) is 1. The van der Waals surface area contributed by atoms with Crippen LogP contribution in [0.5, 0.6) is 5.75 Å². The average Bonchev–Trinajstić information content (AvgIpc) is 2.43. The molecule has 0 radical (unpaired) electrons. The number of carboxylic acids is 1. The van der Waals surface area contributed by atoms with Gasteiger partial charge in [0.25, 0.3) is 0 Å². The molecule has 5 nitrogen and oxygen atoms in total. The van der Waals surface area contributed by atoms with E-state index in [1.807, 2.05) is 18.2 Å². The van der Waals surface area contributed by atoms with Gasteiger partial charge >= 0.3 is 5.97 Å². The minimum Gasteiger partial charge on any atom is -0.497 e. The van der Waals surface area contributed by atoms with Crippen LogP contribution in [-0.2, 0) is 9.53 Å². The van der Waals surface area contributed by atoms with Gasteiger partial charge in [0.1, 0.15) is 5.75 Å². The maximum atomic E-state index is 11.6. The van der Waals surface area contributed by atoms with E-state index < -0.39 is 11.9 Å². The third-order valence-corrected chi connectivity index (χ3v) is 4.03. The molecule has 0 aliphatic carbocycles. The van der Waals surface area contributed by atoms with Crippen LogP contribution in [0.1, 0.15) is 17.9 Å². The summed E-state index contributed by atoms with van der Waals surface area (Å²) >= 11 is 0. The SMILES string of the molecule is COc1ccc2c(c1)C(C(=O)O)C1COCCC1N2. The summed E-state index contributed by atoms with van der Waals surface area (Å²) in [7, 11) is 1.58. The Kier molecular flexibility index (Phi) is 3.06. The molecule has 1 fully saturated rings. The van der Waals surface area contributed by atoms with Crippen LogP contribution in [0, 0.1) is 5.92 Å². The number of benzene rings is 1. The Morgan fingerprint density at radius 1 is 1.53 bits per heavy atom. The van der Waals surface area contributed by atoms with Crippen LogP contribution in [0.15, 0.2) is 18.2 Å². The first-order valence-corrected chi connectivity index (χ1v) is 6.45. The van der Waals surface area contributed by atoms with Gasteiger partial charge in [-0.1, -0.05) is 0 Å². The summed E-state index contributed by atoms with van der Waals surface area (Å²) in [5.41, 5.74) is 1.69. The Bertz CT molecular complexity index is 502. The van der Waals surface area contributed by atoms with Gasteiger partial charge in [-0.3, -0.25) is 4.79 Å². The van der Waals surface area contributed by atoms with E-state index in [0.29, 0.717) is 19.0 Å². The zero-order chi connectivity index (χ0) is 13.4. The van der Waals surface area contributed by atoms with Gasteiger partial charge in [-0.15, -0.1) is 0 Å². The van der Waals surface area contributed by atoms with Gasteiger partial charge < -0.3 is 19.9 Å². The van der Waals surface area contributed by atoms with Crippen molar-refractivity contribution in [3.05, 3.63) is 23.8 Å². The second kappa shape index (κ2) is 4.74. The summed E-state index contributed by atoms with van der Waals surface area (Å²) in [5, 5.41) is 13.0. The Labute approximate surface area is 111 Å². The zero-order valence-electron chi connectivity index (χ0n) is 10.8. The molecule has 0 saturated carbocycles. The van der Waals surface area contributed by atoms with Gasteiger partial charge in [0.15, 0.2) is 0 Å². The van der Waals surface area contributed by atoms with E-state index in [1.54, 1.807) is 7.11 Å². The standard InChI is InChI=1S/C14H17NO4/c1-18-8-2-3-11-9(6-8)13(14(16)17)10-7-19-5-4-12(10)15-11/h2-3,6,10,12-13,15H,4-5,7H2,1H3,(H,16,17). The van der Waals surface area contributed by atoms with E-state index >= 15 is 0 Å². The summed E-state index contributed by atoms with van der Waals surface area (Å²) in [6, 6.07) is 5.74. The molecule has 1 saturated heterocycles. The molecule has 3 rings (SSSR count). The first-order valence-electron chi connectivity index (χ1n) is 6.45. The second-order valence-corrected chi connectivity index (χ2v) is 5.05. The van der Waals surface area contributed by atoms with Crippen LogP contribution < -0.4 is 10.1 Å². The maximum Gasteiger partial charge on any atom is 0.311 e. The summed E-state index contributed by atoms with van der Waals surface area (Å²) in [5.74, 6) is -0.666. The van der Waals surface area contributed by atoms with E-state index in [0.717, 1.165) is 17.7 Å². The van der Waals surface area contributed by atoms with Gasteiger partial charge in [0.2, 0.25) is 0 Å². The number of nitrogens with one attached hydrogen (secondary N) is 1. The van der Waals surface area contributed by atoms with E-state index in [4.69, 9.17) is 9.47 Å². The van der Waals surface area contributed by atoms with Crippen molar-refractivity contribution in [2.24, 2.45) is 5.92 Å². The molecule has 2 N–H and O–H groups in total. The molecule has 1 aromatic rings. The van der Waals surface area contributed by atoms with Crippen molar-refractivity contribution in [2.75, 3.05) is 25.6 Å². The summed E-state index contributed by atoms with van der Waals surface area (Å²) in [6.45, 7) is 1.18. The highest BCUT2D eigenvalue weighted by Crippen LogP contribution is 2.42. The van der Waals surface area contributed by atoms with Gasteiger partial charge in [0, 0.05) is 24.3 Å². The summed E-state index contributed by atoms with van der Waals surface area (Å²) in [6.07, 6.45) is 0.847. The van der Waals surface area contributed by atoms with Crippen LogP contribution in [0.4, 0.5) is 5.69 Å². The third-order valence-electron chi connectivity index (χ3n) is 4.03. The average molecular weight is 263 g/mol. The molecule has 0 spiro atoms. The number of hydrogen-bond donors (Lipinski definition) is 2. The quantitative estimate of drug-likeness (QED) is 0.850. The molecule has 1 aromatic carbocycles. The van der Waals surface area contributed by atoms with Gasteiger partial charge in [-0.05, 0) is 30.2 Å². The molecular weight excluding hydrogens is 246 g/mol. The Hall–Kier alpha value is -1.75. The number of ether oxygens (including phenoxy) is 2. The van der Waals surface area contributed by atoms with Crippen LogP contribution >= 0.6 is 0 Å². The van der Waals surface area contributed by atoms with Crippen molar-refractivity contribution in [3.63, 3.8) is 0 Å². The van der Waals surface area contributed by atoms with Crippen molar-refractivity contribution in [3.8, 4) is 5.75 Å². The first kappa shape index (κ1) is 12.3. The number of aliphatic carboxylic acids is 1. The Morgan fingerprint density at radius 3 is 3.11 bits per heavy atom. The molecule has 2 heterocycles. The monoisotopic (exact) mass is 263 g/mol. The van der Waals surface area contributed by atoms with Crippen molar-refractivity contribution < 1.29 is 19.4 Å². The van der Waals surface area contributed by atoms with Crippen LogP contribution in [-0.4, -0.2) is 37.4 Å². The molecule has 0 aromatic heterocycles. The lowest BCUT2D eigenvalue weighted by Gasteiger charge is -2.41. The summed E-state index contributed by atoms with van der Waals surface area (Å²) < 4.78 is 10.6. The molecule has 0 amide bonds. The Morgan fingerprint density at radius 2 is 2.37 bits per heavy atom. The smallest absolute Gasteiger partial charge is 0.311 e. The largest absolute Gasteiger partial charge is 0.497 e. The fraction of sp³-hybridized carbons (Fsp3) is 0.500. The van der Waals surface area contributed by atoms with Gasteiger partial charge in [0.05, 0.1) is 19.6 Å². The molecule has 2 aliphatic heterocycles. The molecule has 102 valence electrons. The fourth-order valence-electron chi connectivity index (χ4n) is 3.07. The van der Waals surface area contributed by atoms with Crippen molar-refractivity contribution in [2.45, 2.75) is 18.4 Å². The summed E-state index contributed by atoms with van der Waals surface area (Å²) in [4.78, 5) is 11.6.